The number of aryl methyl sites for hydroxylation is 2. The average Bonchev–Trinajstić information content (AvgIpc) is 2.47. The van der Waals surface area contributed by atoms with Gasteiger partial charge in [-0.05, 0) is 55.5 Å². The van der Waals surface area contributed by atoms with Crippen LogP contribution in [-0.2, 0) is 12.8 Å². The van der Waals surface area contributed by atoms with Crippen molar-refractivity contribution in [1.29, 1.82) is 0 Å². The van der Waals surface area contributed by atoms with Gasteiger partial charge >= 0.3 is 0 Å². The highest BCUT2D eigenvalue weighted by Gasteiger charge is 2.12. The first-order chi connectivity index (χ1) is 9.72. The quantitative estimate of drug-likeness (QED) is 0.822. The molecule has 0 radical (unpaired) electrons. The Labute approximate surface area is 118 Å². The van der Waals surface area contributed by atoms with Gasteiger partial charge in [0.25, 0.3) is 5.91 Å². The first-order valence-electron chi connectivity index (χ1n) is 6.88. The van der Waals surface area contributed by atoms with Gasteiger partial charge in [0.1, 0.15) is 5.82 Å². The van der Waals surface area contributed by atoms with Crippen LogP contribution in [0.5, 0.6) is 0 Å². The highest BCUT2D eigenvalue weighted by atomic mass is 16.1. The molecule has 0 unspecified atom stereocenters. The summed E-state index contributed by atoms with van der Waals surface area (Å²) < 4.78 is 0. The normalized spacial score (nSPS) is 13.6. The van der Waals surface area contributed by atoms with Gasteiger partial charge in [-0.3, -0.25) is 4.79 Å². The number of anilines is 2. The number of aromatic nitrogens is 1. The number of nitrogens with one attached hydrogen (secondary N) is 1. The van der Waals surface area contributed by atoms with Crippen molar-refractivity contribution in [2.45, 2.75) is 25.7 Å². The molecule has 1 aromatic carbocycles. The number of hydrogen-bond donors (Lipinski definition) is 2. The Morgan fingerprint density at radius 1 is 1.15 bits per heavy atom. The molecule has 1 heterocycles. The number of nitrogens with zero attached hydrogens (tertiary/aromatic N) is 1. The molecule has 3 rings (SSSR count). The van der Waals surface area contributed by atoms with Crippen LogP contribution in [0.4, 0.5) is 11.5 Å². The zero-order chi connectivity index (χ0) is 13.9. The van der Waals surface area contributed by atoms with Crippen LogP contribution in [0.1, 0.15) is 34.5 Å². The fourth-order valence-corrected chi connectivity index (χ4v) is 2.52. The zero-order valence-electron chi connectivity index (χ0n) is 11.2. The third-order valence-electron chi connectivity index (χ3n) is 3.57. The van der Waals surface area contributed by atoms with E-state index in [1.165, 1.54) is 18.4 Å². The maximum Gasteiger partial charge on any atom is 0.256 e. The lowest BCUT2D eigenvalue weighted by Gasteiger charge is -2.15. The van der Waals surface area contributed by atoms with E-state index >= 15 is 0 Å². The molecular formula is C16H17N3O. The Hall–Kier alpha value is -2.36. The number of carbonyl (C=O) groups excluding carboxylic acids is 1. The fourth-order valence-electron chi connectivity index (χ4n) is 2.52. The molecule has 0 atom stereocenters. The molecule has 2 aromatic rings. The summed E-state index contributed by atoms with van der Waals surface area (Å²) in [7, 11) is 0. The molecule has 0 aliphatic heterocycles. The van der Waals surface area contributed by atoms with E-state index in [1.807, 2.05) is 6.07 Å². The van der Waals surface area contributed by atoms with E-state index in [0.717, 1.165) is 18.5 Å². The number of amides is 1. The first kappa shape index (κ1) is 12.7. The number of nitrogens with two attached hydrogens (primary N) is 1. The summed E-state index contributed by atoms with van der Waals surface area (Å²) in [5.41, 5.74) is 9.23. The summed E-state index contributed by atoms with van der Waals surface area (Å²) in [6, 6.07) is 10.9. The van der Waals surface area contributed by atoms with E-state index in [2.05, 4.69) is 16.4 Å². The molecule has 102 valence electrons. The molecule has 0 bridgehead atoms. The Morgan fingerprint density at radius 2 is 2.00 bits per heavy atom. The second-order valence-electron chi connectivity index (χ2n) is 5.09. The highest BCUT2D eigenvalue weighted by molar-refractivity contribution is 6.04. The Balaban J connectivity index is 1.79. The molecule has 0 spiro atoms. The number of benzene rings is 1. The first-order valence-corrected chi connectivity index (χ1v) is 6.88. The van der Waals surface area contributed by atoms with E-state index < -0.39 is 0 Å². The minimum absolute atomic E-state index is 0.180. The average molecular weight is 267 g/mol. The van der Waals surface area contributed by atoms with E-state index in [1.54, 1.807) is 24.3 Å². The maximum atomic E-state index is 12.1. The number of hydrogen-bond acceptors (Lipinski definition) is 3. The molecule has 0 saturated heterocycles. The van der Waals surface area contributed by atoms with Gasteiger partial charge in [-0.15, -0.1) is 0 Å². The monoisotopic (exact) mass is 267 g/mol. The number of nitrogen functional groups attached to an aromatic ring is 1. The second-order valence-corrected chi connectivity index (χ2v) is 5.09. The molecule has 20 heavy (non-hydrogen) atoms. The molecule has 1 aliphatic carbocycles. The summed E-state index contributed by atoms with van der Waals surface area (Å²) >= 11 is 0. The lowest BCUT2D eigenvalue weighted by molar-refractivity contribution is 0.102. The Bertz CT molecular complexity index is 652. The van der Waals surface area contributed by atoms with Crippen LogP contribution in [0.3, 0.4) is 0 Å². The van der Waals surface area contributed by atoms with Crippen LogP contribution in [-0.4, -0.2) is 10.9 Å². The molecular weight excluding hydrogens is 250 g/mol. The smallest absolute Gasteiger partial charge is 0.256 e. The van der Waals surface area contributed by atoms with Crippen molar-refractivity contribution < 1.29 is 4.79 Å². The summed E-state index contributed by atoms with van der Waals surface area (Å²) in [4.78, 5) is 16.7. The summed E-state index contributed by atoms with van der Waals surface area (Å²) in [5, 5.41) is 2.83. The van der Waals surface area contributed by atoms with Crippen LogP contribution < -0.4 is 11.1 Å². The van der Waals surface area contributed by atoms with E-state index in [9.17, 15) is 4.79 Å². The zero-order valence-corrected chi connectivity index (χ0v) is 11.2. The predicted octanol–water partition coefficient (Wildman–Crippen LogP) is 2.79. The van der Waals surface area contributed by atoms with Gasteiger partial charge in [0.2, 0.25) is 0 Å². The highest BCUT2D eigenvalue weighted by Crippen LogP contribution is 2.21. The van der Waals surface area contributed by atoms with E-state index in [0.29, 0.717) is 17.1 Å². The van der Waals surface area contributed by atoms with Gasteiger partial charge in [-0.1, -0.05) is 12.1 Å². The van der Waals surface area contributed by atoms with Crippen molar-refractivity contribution in [3.05, 3.63) is 53.2 Å². The van der Waals surface area contributed by atoms with Crippen LogP contribution in [0, 0.1) is 0 Å². The number of pyridine rings is 1. The third kappa shape index (κ3) is 2.64. The molecule has 4 nitrogen and oxygen atoms in total. The van der Waals surface area contributed by atoms with Crippen LogP contribution >= 0.6 is 0 Å². The number of rotatable bonds is 2. The second kappa shape index (κ2) is 5.33. The molecule has 1 aliphatic rings. The largest absolute Gasteiger partial charge is 0.399 e. The van der Waals surface area contributed by atoms with Gasteiger partial charge in [0, 0.05) is 16.9 Å². The van der Waals surface area contributed by atoms with Gasteiger partial charge in [0.15, 0.2) is 0 Å². The van der Waals surface area contributed by atoms with Gasteiger partial charge < -0.3 is 11.1 Å². The third-order valence-corrected chi connectivity index (χ3v) is 3.57. The van der Waals surface area contributed by atoms with E-state index in [-0.39, 0.29) is 5.91 Å². The van der Waals surface area contributed by atoms with Crippen molar-refractivity contribution >= 4 is 17.4 Å². The molecule has 1 amide bonds. The summed E-state index contributed by atoms with van der Waals surface area (Å²) in [6.45, 7) is 0. The van der Waals surface area contributed by atoms with Gasteiger partial charge in [-0.2, -0.15) is 0 Å². The molecule has 4 heteroatoms. The SMILES string of the molecule is Nc1cccc(C(=O)Nc2ccc3c(n2)CCCC3)c1. The predicted molar refractivity (Wildman–Crippen MR) is 79.7 cm³/mol. The Kier molecular flexibility index (Phi) is 3.37. The van der Waals surface area contributed by atoms with Crippen LogP contribution in [0.15, 0.2) is 36.4 Å². The Morgan fingerprint density at radius 3 is 2.85 bits per heavy atom. The standard InChI is InChI=1S/C16H17N3O/c17-13-6-3-5-12(10-13)16(20)19-15-9-8-11-4-1-2-7-14(11)18-15/h3,5-6,8-10H,1-2,4,7,17H2,(H,18,19,20). The van der Waals surface area contributed by atoms with Crippen molar-refractivity contribution in [3.8, 4) is 0 Å². The van der Waals surface area contributed by atoms with Crippen molar-refractivity contribution in [3.63, 3.8) is 0 Å². The molecule has 0 saturated carbocycles. The molecule has 1 aromatic heterocycles. The molecule has 3 N–H and O–H groups in total. The number of fused-ring (bicyclic) bond motifs is 1. The maximum absolute atomic E-state index is 12.1. The van der Waals surface area contributed by atoms with Crippen LogP contribution in [0.2, 0.25) is 0 Å². The lowest BCUT2D eigenvalue weighted by Crippen LogP contribution is -2.15. The number of carbonyl (C=O) groups is 1. The van der Waals surface area contributed by atoms with Crippen molar-refractivity contribution in [1.82, 2.24) is 4.98 Å². The topological polar surface area (TPSA) is 68.0 Å². The minimum Gasteiger partial charge on any atom is -0.399 e. The fraction of sp³-hybridized carbons (Fsp3) is 0.250. The molecule has 0 fully saturated rings. The van der Waals surface area contributed by atoms with E-state index in [4.69, 9.17) is 5.73 Å². The minimum atomic E-state index is -0.180. The van der Waals surface area contributed by atoms with Crippen molar-refractivity contribution in [2.75, 3.05) is 11.1 Å². The van der Waals surface area contributed by atoms with Crippen LogP contribution in [0.25, 0.3) is 0 Å². The van der Waals surface area contributed by atoms with Crippen molar-refractivity contribution in [2.24, 2.45) is 0 Å². The summed E-state index contributed by atoms with van der Waals surface area (Å²) in [6.07, 6.45) is 4.49. The van der Waals surface area contributed by atoms with Gasteiger partial charge in [0.05, 0.1) is 0 Å². The van der Waals surface area contributed by atoms with Gasteiger partial charge in [-0.25, -0.2) is 4.98 Å². The summed E-state index contributed by atoms with van der Waals surface area (Å²) in [5.74, 6) is 0.429. The lowest BCUT2D eigenvalue weighted by atomic mass is 9.96.